The summed E-state index contributed by atoms with van der Waals surface area (Å²) in [7, 11) is 3.02. The van der Waals surface area contributed by atoms with Crippen LogP contribution in [0.5, 0.6) is 0 Å². The molecule has 2 N–H and O–H groups in total. The third kappa shape index (κ3) is 6.19. The minimum atomic E-state index is -0.267. The van der Waals surface area contributed by atoms with Gasteiger partial charge in [-0.2, -0.15) is 0 Å². The van der Waals surface area contributed by atoms with E-state index in [0.717, 1.165) is 11.3 Å². The van der Waals surface area contributed by atoms with Gasteiger partial charge < -0.3 is 19.8 Å². The predicted molar refractivity (Wildman–Crippen MR) is 102 cm³/mol. The molecule has 2 aromatic rings. The van der Waals surface area contributed by atoms with Crippen LogP contribution in [0.2, 0.25) is 0 Å². The van der Waals surface area contributed by atoms with Gasteiger partial charge in [-0.05, 0) is 12.1 Å². The van der Waals surface area contributed by atoms with Crippen molar-refractivity contribution in [2.75, 3.05) is 20.7 Å². The summed E-state index contributed by atoms with van der Waals surface area (Å²) in [5, 5.41) is 6.13. The fraction of sp³-hybridized carbons (Fsp3) is 0.312. The van der Waals surface area contributed by atoms with E-state index in [-0.39, 0.29) is 36.4 Å². The van der Waals surface area contributed by atoms with Crippen molar-refractivity contribution in [3.8, 4) is 11.5 Å². The van der Waals surface area contributed by atoms with E-state index in [4.69, 9.17) is 4.42 Å². The van der Waals surface area contributed by atoms with Crippen molar-refractivity contribution in [1.82, 2.24) is 15.6 Å². The first-order chi connectivity index (χ1) is 11.2. The summed E-state index contributed by atoms with van der Waals surface area (Å²) in [6, 6.07) is 9.70. The van der Waals surface area contributed by atoms with Gasteiger partial charge in [0.2, 0.25) is 5.89 Å². The number of aromatic nitrogens is 1. The number of hydrogen-bond donors (Lipinski definition) is 2. The number of esters is 1. The highest BCUT2D eigenvalue weighted by atomic mass is 127. The Bertz CT molecular complexity index is 658. The van der Waals surface area contributed by atoms with Crippen molar-refractivity contribution in [3.63, 3.8) is 0 Å². The first-order valence-electron chi connectivity index (χ1n) is 7.24. The topological polar surface area (TPSA) is 88.8 Å². The summed E-state index contributed by atoms with van der Waals surface area (Å²) < 4.78 is 10.0. The SMILES string of the molecule is CN=C(NCCC(=O)OC)NCc1coc(-c2ccccc2)n1.I. The molecular formula is C16H21IN4O3. The van der Waals surface area contributed by atoms with Crippen LogP contribution in [0.3, 0.4) is 0 Å². The van der Waals surface area contributed by atoms with E-state index in [0.29, 0.717) is 24.9 Å². The van der Waals surface area contributed by atoms with E-state index >= 15 is 0 Å². The maximum atomic E-state index is 11.1. The molecule has 1 aromatic heterocycles. The molecule has 0 fully saturated rings. The van der Waals surface area contributed by atoms with Gasteiger partial charge in [-0.15, -0.1) is 24.0 Å². The molecule has 0 bridgehead atoms. The average Bonchev–Trinajstić information content (AvgIpc) is 3.07. The molecule has 24 heavy (non-hydrogen) atoms. The summed E-state index contributed by atoms with van der Waals surface area (Å²) >= 11 is 0. The Morgan fingerprint density at radius 1 is 1.29 bits per heavy atom. The number of aliphatic imine (C=N–C) groups is 1. The number of ether oxygens (including phenoxy) is 1. The van der Waals surface area contributed by atoms with Crippen LogP contribution in [0.15, 0.2) is 46.0 Å². The zero-order valence-electron chi connectivity index (χ0n) is 13.6. The minimum absolute atomic E-state index is 0. The van der Waals surface area contributed by atoms with Crippen LogP contribution in [0.1, 0.15) is 12.1 Å². The number of rotatable bonds is 6. The summed E-state index contributed by atoms with van der Waals surface area (Å²) in [5.74, 6) is 0.895. The second-order valence-corrected chi connectivity index (χ2v) is 4.69. The Hall–Kier alpha value is -2.10. The predicted octanol–water partition coefficient (Wildman–Crippen LogP) is 2.19. The number of nitrogens with one attached hydrogen (secondary N) is 2. The fourth-order valence-corrected chi connectivity index (χ4v) is 1.88. The van der Waals surface area contributed by atoms with Gasteiger partial charge in [0.1, 0.15) is 6.26 Å². The van der Waals surface area contributed by atoms with Crippen LogP contribution in [0, 0.1) is 0 Å². The standard InChI is InChI=1S/C16H20N4O3.HI/c1-17-16(18-9-8-14(21)22-2)19-10-13-11-23-15(20-13)12-6-4-3-5-7-12;/h3-7,11H,8-10H2,1-2H3,(H2,17,18,19);1H. The van der Waals surface area contributed by atoms with Crippen LogP contribution < -0.4 is 10.6 Å². The van der Waals surface area contributed by atoms with Crippen molar-refractivity contribution in [1.29, 1.82) is 0 Å². The van der Waals surface area contributed by atoms with Crippen LogP contribution >= 0.6 is 24.0 Å². The zero-order valence-corrected chi connectivity index (χ0v) is 15.9. The monoisotopic (exact) mass is 444 g/mol. The highest BCUT2D eigenvalue weighted by Gasteiger charge is 2.07. The van der Waals surface area contributed by atoms with E-state index < -0.39 is 0 Å². The lowest BCUT2D eigenvalue weighted by atomic mass is 10.2. The maximum absolute atomic E-state index is 11.1. The smallest absolute Gasteiger partial charge is 0.307 e. The third-order valence-electron chi connectivity index (χ3n) is 3.08. The minimum Gasteiger partial charge on any atom is -0.469 e. The molecule has 0 atom stereocenters. The Balaban J connectivity index is 0.00000288. The van der Waals surface area contributed by atoms with Gasteiger partial charge in [0.05, 0.1) is 25.8 Å². The molecule has 0 radical (unpaired) electrons. The normalized spacial score (nSPS) is 10.7. The Labute approximate surface area is 157 Å². The van der Waals surface area contributed by atoms with Crippen molar-refractivity contribution >= 4 is 35.9 Å². The molecule has 0 unspecified atom stereocenters. The molecule has 0 saturated carbocycles. The van der Waals surface area contributed by atoms with Crippen LogP contribution in [-0.4, -0.2) is 37.6 Å². The molecule has 0 spiro atoms. The number of benzene rings is 1. The van der Waals surface area contributed by atoms with Crippen LogP contribution in [0.4, 0.5) is 0 Å². The van der Waals surface area contributed by atoms with Crippen molar-refractivity contribution in [3.05, 3.63) is 42.3 Å². The van der Waals surface area contributed by atoms with E-state index in [1.54, 1.807) is 13.3 Å². The first kappa shape index (κ1) is 19.9. The lowest BCUT2D eigenvalue weighted by molar-refractivity contribution is -0.140. The number of nitrogens with zero attached hydrogens (tertiary/aromatic N) is 2. The molecular weight excluding hydrogens is 423 g/mol. The van der Waals surface area contributed by atoms with Gasteiger partial charge in [0, 0.05) is 19.2 Å². The summed E-state index contributed by atoms with van der Waals surface area (Å²) in [5.41, 5.74) is 1.69. The van der Waals surface area contributed by atoms with E-state index in [2.05, 4.69) is 25.3 Å². The molecule has 130 valence electrons. The number of halogens is 1. The number of guanidine groups is 1. The van der Waals surface area contributed by atoms with Crippen LogP contribution in [-0.2, 0) is 16.1 Å². The zero-order chi connectivity index (χ0) is 16.5. The largest absolute Gasteiger partial charge is 0.469 e. The summed E-state index contributed by atoms with van der Waals surface area (Å²) in [4.78, 5) is 19.6. The fourth-order valence-electron chi connectivity index (χ4n) is 1.88. The lowest BCUT2D eigenvalue weighted by Crippen LogP contribution is -2.38. The number of methoxy groups -OCH3 is 1. The molecule has 1 heterocycles. The molecule has 0 amide bonds. The quantitative estimate of drug-likeness (QED) is 0.308. The molecule has 0 aliphatic carbocycles. The molecule has 0 aliphatic rings. The number of hydrogen-bond acceptors (Lipinski definition) is 5. The summed E-state index contributed by atoms with van der Waals surface area (Å²) in [6.45, 7) is 0.911. The second kappa shape index (κ2) is 10.6. The van der Waals surface area contributed by atoms with Gasteiger partial charge in [0.25, 0.3) is 0 Å². The van der Waals surface area contributed by atoms with Crippen LogP contribution in [0.25, 0.3) is 11.5 Å². The third-order valence-corrected chi connectivity index (χ3v) is 3.08. The summed E-state index contributed by atoms with van der Waals surface area (Å²) in [6.07, 6.45) is 1.89. The molecule has 7 nitrogen and oxygen atoms in total. The van der Waals surface area contributed by atoms with Crippen molar-refractivity contribution in [2.24, 2.45) is 4.99 Å². The number of carbonyl (C=O) groups is 1. The highest BCUT2D eigenvalue weighted by Crippen LogP contribution is 2.17. The first-order valence-corrected chi connectivity index (χ1v) is 7.24. The van der Waals surface area contributed by atoms with Crippen molar-refractivity contribution < 1.29 is 13.9 Å². The molecule has 0 aliphatic heterocycles. The number of oxazole rings is 1. The van der Waals surface area contributed by atoms with E-state index in [1.807, 2.05) is 30.3 Å². The van der Waals surface area contributed by atoms with Gasteiger partial charge in [-0.1, -0.05) is 18.2 Å². The Morgan fingerprint density at radius 3 is 2.71 bits per heavy atom. The number of carbonyl (C=O) groups excluding carboxylic acids is 1. The Kier molecular flexibility index (Phi) is 8.84. The maximum Gasteiger partial charge on any atom is 0.307 e. The van der Waals surface area contributed by atoms with Gasteiger partial charge in [-0.3, -0.25) is 9.79 Å². The average molecular weight is 444 g/mol. The van der Waals surface area contributed by atoms with Crippen molar-refractivity contribution in [2.45, 2.75) is 13.0 Å². The highest BCUT2D eigenvalue weighted by molar-refractivity contribution is 14.0. The molecule has 0 saturated heterocycles. The lowest BCUT2D eigenvalue weighted by Gasteiger charge is -2.09. The Morgan fingerprint density at radius 2 is 2.04 bits per heavy atom. The second-order valence-electron chi connectivity index (χ2n) is 4.69. The molecule has 1 aromatic carbocycles. The van der Waals surface area contributed by atoms with E-state index in [9.17, 15) is 4.79 Å². The van der Waals surface area contributed by atoms with Gasteiger partial charge in [-0.25, -0.2) is 4.98 Å². The van der Waals surface area contributed by atoms with Gasteiger partial charge >= 0.3 is 5.97 Å². The van der Waals surface area contributed by atoms with E-state index in [1.165, 1.54) is 7.11 Å². The van der Waals surface area contributed by atoms with Gasteiger partial charge in [0.15, 0.2) is 5.96 Å². The molecule has 2 rings (SSSR count). The molecule has 8 heteroatoms.